The van der Waals surface area contributed by atoms with Crippen LogP contribution in [0.4, 0.5) is 0 Å². The van der Waals surface area contributed by atoms with E-state index in [1.165, 1.54) is 10.5 Å². The summed E-state index contributed by atoms with van der Waals surface area (Å²) in [5, 5.41) is 3.91. The Labute approximate surface area is 129 Å². The normalized spacial score (nSPS) is 10.6. The first-order chi connectivity index (χ1) is 9.72. The van der Waals surface area contributed by atoms with Crippen molar-refractivity contribution in [3.05, 3.63) is 58.6 Å². The van der Waals surface area contributed by atoms with E-state index in [0.29, 0.717) is 0 Å². The molecule has 0 heterocycles. The summed E-state index contributed by atoms with van der Waals surface area (Å²) in [6.45, 7) is 0.884. The molecule has 2 rings (SSSR count). The fraction of sp³-hybridized carbons (Fsp3) is 0.250. The van der Waals surface area contributed by atoms with Crippen molar-refractivity contribution in [1.82, 2.24) is 5.32 Å². The average molecular weight is 308 g/mol. The minimum atomic E-state index is 0.741. The Morgan fingerprint density at radius 3 is 2.80 bits per heavy atom. The van der Waals surface area contributed by atoms with Gasteiger partial charge in [-0.05, 0) is 42.9 Å². The summed E-state index contributed by atoms with van der Waals surface area (Å²) in [4.78, 5) is 1.25. The van der Waals surface area contributed by atoms with E-state index in [0.717, 1.165) is 28.6 Å². The van der Waals surface area contributed by atoms with Crippen molar-refractivity contribution in [3.8, 4) is 5.75 Å². The van der Waals surface area contributed by atoms with Crippen LogP contribution in [0, 0.1) is 0 Å². The average Bonchev–Trinajstić information content (AvgIpc) is 2.46. The fourth-order valence-electron chi connectivity index (χ4n) is 1.97. The maximum absolute atomic E-state index is 6.05. The van der Waals surface area contributed by atoms with E-state index in [4.69, 9.17) is 16.3 Å². The Morgan fingerprint density at radius 1 is 1.20 bits per heavy atom. The van der Waals surface area contributed by atoms with Crippen molar-refractivity contribution in [2.75, 3.05) is 14.2 Å². The number of halogens is 1. The molecule has 106 valence electrons. The van der Waals surface area contributed by atoms with Crippen LogP contribution in [0.2, 0.25) is 5.02 Å². The minimum absolute atomic E-state index is 0.741. The zero-order valence-electron chi connectivity index (χ0n) is 11.7. The number of benzene rings is 2. The van der Waals surface area contributed by atoms with Crippen molar-refractivity contribution < 1.29 is 4.74 Å². The van der Waals surface area contributed by atoms with Gasteiger partial charge < -0.3 is 10.1 Å². The predicted molar refractivity (Wildman–Crippen MR) is 86.8 cm³/mol. The predicted octanol–water partition coefficient (Wildman–Crippen LogP) is 4.36. The second-order valence-corrected chi connectivity index (χ2v) is 5.91. The zero-order chi connectivity index (χ0) is 14.4. The summed E-state index contributed by atoms with van der Waals surface area (Å²) in [6.07, 6.45) is 0. The first kappa shape index (κ1) is 15.2. The zero-order valence-corrected chi connectivity index (χ0v) is 13.2. The molecule has 0 radical (unpaired) electrons. The van der Waals surface area contributed by atoms with Gasteiger partial charge in [0.25, 0.3) is 0 Å². The van der Waals surface area contributed by atoms with E-state index in [9.17, 15) is 0 Å². The molecule has 2 aromatic rings. The highest BCUT2D eigenvalue weighted by molar-refractivity contribution is 7.98. The van der Waals surface area contributed by atoms with Crippen LogP contribution in [0.25, 0.3) is 0 Å². The molecule has 0 unspecified atom stereocenters. The lowest BCUT2D eigenvalue weighted by Crippen LogP contribution is -2.04. The lowest BCUT2D eigenvalue weighted by molar-refractivity contribution is 0.411. The van der Waals surface area contributed by atoms with Gasteiger partial charge in [-0.15, -0.1) is 11.8 Å². The summed E-state index contributed by atoms with van der Waals surface area (Å²) in [6, 6.07) is 14.3. The van der Waals surface area contributed by atoms with Crippen molar-refractivity contribution in [1.29, 1.82) is 0 Å². The second kappa shape index (κ2) is 7.58. The number of thioether (sulfide) groups is 1. The highest BCUT2D eigenvalue weighted by Crippen LogP contribution is 2.30. The fourth-order valence-corrected chi connectivity index (χ4v) is 3.12. The van der Waals surface area contributed by atoms with E-state index in [2.05, 4.69) is 29.6 Å². The van der Waals surface area contributed by atoms with E-state index >= 15 is 0 Å². The van der Waals surface area contributed by atoms with E-state index in [-0.39, 0.29) is 0 Å². The molecule has 0 bridgehead atoms. The maximum Gasteiger partial charge on any atom is 0.123 e. The molecule has 1 N–H and O–H groups in total. The lowest BCUT2D eigenvalue weighted by Gasteiger charge is -2.09. The molecule has 0 spiro atoms. The van der Waals surface area contributed by atoms with Gasteiger partial charge in [-0.3, -0.25) is 0 Å². The first-order valence-electron chi connectivity index (χ1n) is 6.41. The highest BCUT2D eigenvalue weighted by atomic mass is 35.5. The van der Waals surface area contributed by atoms with Gasteiger partial charge in [0.05, 0.1) is 7.11 Å². The van der Waals surface area contributed by atoms with Crippen LogP contribution < -0.4 is 10.1 Å². The van der Waals surface area contributed by atoms with Crippen LogP contribution >= 0.6 is 23.4 Å². The molecule has 4 heteroatoms. The van der Waals surface area contributed by atoms with Gasteiger partial charge in [0, 0.05) is 27.8 Å². The molecule has 0 atom stereocenters. The summed E-state index contributed by atoms with van der Waals surface area (Å²) >= 11 is 7.83. The quantitative estimate of drug-likeness (QED) is 0.801. The molecule has 0 saturated heterocycles. The Balaban J connectivity index is 2.08. The molecule has 20 heavy (non-hydrogen) atoms. The van der Waals surface area contributed by atoms with Crippen LogP contribution in [0.3, 0.4) is 0 Å². The van der Waals surface area contributed by atoms with Gasteiger partial charge >= 0.3 is 0 Å². The smallest absolute Gasteiger partial charge is 0.123 e. The molecule has 0 saturated carbocycles. The number of rotatable bonds is 6. The third kappa shape index (κ3) is 4.17. The number of methoxy groups -OCH3 is 1. The van der Waals surface area contributed by atoms with E-state index in [1.54, 1.807) is 18.9 Å². The second-order valence-electron chi connectivity index (χ2n) is 4.42. The van der Waals surface area contributed by atoms with Gasteiger partial charge in [-0.25, -0.2) is 0 Å². The van der Waals surface area contributed by atoms with Crippen LogP contribution in [0.5, 0.6) is 5.75 Å². The van der Waals surface area contributed by atoms with Crippen LogP contribution in [-0.2, 0) is 12.3 Å². The van der Waals surface area contributed by atoms with E-state index < -0.39 is 0 Å². The molecule has 0 fully saturated rings. The van der Waals surface area contributed by atoms with Gasteiger partial charge in [0.1, 0.15) is 5.75 Å². The third-order valence-corrected chi connectivity index (χ3v) is 4.19. The largest absolute Gasteiger partial charge is 0.496 e. The maximum atomic E-state index is 6.05. The first-order valence-corrected chi connectivity index (χ1v) is 7.78. The molecule has 2 aromatic carbocycles. The Hall–Kier alpha value is -1.16. The Kier molecular flexibility index (Phi) is 5.77. The molecule has 0 amide bonds. The van der Waals surface area contributed by atoms with Gasteiger partial charge in [0.2, 0.25) is 0 Å². The summed E-state index contributed by atoms with van der Waals surface area (Å²) in [5.74, 6) is 1.72. The van der Waals surface area contributed by atoms with Gasteiger partial charge in [-0.2, -0.15) is 0 Å². The summed E-state index contributed by atoms with van der Waals surface area (Å²) in [7, 11) is 3.64. The third-order valence-electron chi connectivity index (χ3n) is 2.92. The van der Waals surface area contributed by atoms with Gasteiger partial charge in [0.15, 0.2) is 0 Å². The Morgan fingerprint density at radius 2 is 2.05 bits per heavy atom. The molecule has 0 aliphatic heterocycles. The Bertz CT molecular complexity index is 574. The summed E-state index contributed by atoms with van der Waals surface area (Å²) < 4.78 is 5.37. The van der Waals surface area contributed by atoms with Crippen molar-refractivity contribution in [2.45, 2.75) is 17.2 Å². The number of hydrogen-bond acceptors (Lipinski definition) is 3. The molecule has 2 nitrogen and oxygen atoms in total. The van der Waals surface area contributed by atoms with E-state index in [1.807, 2.05) is 25.2 Å². The molecule has 0 aliphatic rings. The molecular weight excluding hydrogens is 290 g/mol. The number of nitrogens with one attached hydrogen (secondary N) is 1. The topological polar surface area (TPSA) is 21.3 Å². The number of hydrogen-bond donors (Lipinski definition) is 1. The van der Waals surface area contributed by atoms with Crippen LogP contribution in [0.15, 0.2) is 47.4 Å². The summed E-state index contributed by atoms with van der Waals surface area (Å²) in [5.41, 5.74) is 2.40. The number of ether oxygens (including phenoxy) is 1. The SMILES string of the molecule is CNCc1cccc(SCc2cc(Cl)ccc2OC)c1. The van der Waals surface area contributed by atoms with Crippen molar-refractivity contribution >= 4 is 23.4 Å². The monoisotopic (exact) mass is 307 g/mol. The highest BCUT2D eigenvalue weighted by Gasteiger charge is 2.05. The van der Waals surface area contributed by atoms with Crippen LogP contribution in [0.1, 0.15) is 11.1 Å². The van der Waals surface area contributed by atoms with Crippen LogP contribution in [-0.4, -0.2) is 14.2 Å². The lowest BCUT2D eigenvalue weighted by atomic mass is 10.2. The van der Waals surface area contributed by atoms with Gasteiger partial charge in [-0.1, -0.05) is 23.7 Å². The molecular formula is C16H18ClNOS. The van der Waals surface area contributed by atoms with Crippen molar-refractivity contribution in [3.63, 3.8) is 0 Å². The molecule has 0 aromatic heterocycles. The minimum Gasteiger partial charge on any atom is -0.496 e. The van der Waals surface area contributed by atoms with Crippen molar-refractivity contribution in [2.24, 2.45) is 0 Å². The molecule has 0 aliphatic carbocycles. The standard InChI is InChI=1S/C16H18ClNOS/c1-18-10-12-4-3-5-15(8-12)20-11-13-9-14(17)6-7-16(13)19-2/h3-9,18H,10-11H2,1-2H3.